The molecule has 0 aliphatic heterocycles. The molecule has 0 radical (unpaired) electrons. The Morgan fingerprint density at radius 3 is 1.28 bits per heavy atom. The first kappa shape index (κ1) is 54.3. The first-order valence-electron chi connectivity index (χ1n) is 21.3. The fraction of sp³-hybridized carbons (Fsp3) is 0.455. The maximum absolute atomic E-state index is 5.98. The molecule has 0 nitrogen and oxygen atoms in total. The Morgan fingerprint density at radius 2 is 0.967 bits per heavy atom. The number of benzene rings is 4. The van der Waals surface area contributed by atoms with Crippen LogP contribution in [0.5, 0.6) is 0 Å². The van der Waals surface area contributed by atoms with E-state index in [0.717, 1.165) is 21.2 Å². The SMILES string of the molecule is CC(C)(C)c1cc2[cH-]c3cc(C(C)(C)C)c(C(C)(C)C)cc3c2cc1C(C)(C)C.CCCCC1[C-]=CC(C(C)(C)C)=C1.Clc1cccc([C](=[Zr+2])c2cccc(Cl)c2)c1.[Cl-].[Cl-]. The second-order valence-electron chi connectivity index (χ2n) is 21.4. The van der Waals surface area contributed by atoms with E-state index in [9.17, 15) is 0 Å². The fourth-order valence-electron chi connectivity index (χ4n) is 7.61. The molecule has 1 aliphatic carbocycles. The summed E-state index contributed by atoms with van der Waals surface area (Å²) in [5, 5.41) is 7.10. The monoisotopic (exact) mass is 960 g/mol. The van der Waals surface area contributed by atoms with Gasteiger partial charge in [0.15, 0.2) is 0 Å². The van der Waals surface area contributed by atoms with Crippen molar-refractivity contribution in [2.24, 2.45) is 11.3 Å². The smallest absolute Gasteiger partial charge is 1.00 e. The van der Waals surface area contributed by atoms with E-state index in [1.807, 2.05) is 36.4 Å². The molecule has 0 spiro atoms. The second kappa shape index (κ2) is 21.2. The Kier molecular flexibility index (Phi) is 19.2. The summed E-state index contributed by atoms with van der Waals surface area (Å²) >= 11 is 13.3. The number of fused-ring (bicyclic) bond motifs is 3. The van der Waals surface area contributed by atoms with Gasteiger partial charge in [0.25, 0.3) is 0 Å². The average Bonchev–Trinajstić information content (AvgIpc) is 3.73. The predicted octanol–water partition coefficient (Wildman–Crippen LogP) is 11.2. The average molecular weight is 964 g/mol. The number of rotatable bonds is 5. The number of hydrogen-bond donors (Lipinski definition) is 0. The molecular weight excluding hydrogens is 894 g/mol. The van der Waals surface area contributed by atoms with E-state index in [1.54, 1.807) is 0 Å². The number of unbranched alkanes of at least 4 members (excludes halogenated alkanes) is 1. The van der Waals surface area contributed by atoms with Crippen molar-refractivity contribution >= 4 is 48.0 Å². The van der Waals surface area contributed by atoms with E-state index in [4.69, 9.17) is 23.2 Å². The normalized spacial score (nSPS) is 14.4. The van der Waals surface area contributed by atoms with Crippen LogP contribution in [-0.4, -0.2) is 3.21 Å². The van der Waals surface area contributed by atoms with Crippen LogP contribution in [0.25, 0.3) is 21.5 Å². The molecular formula is C55H70Cl4Zr-2. The summed E-state index contributed by atoms with van der Waals surface area (Å²) in [6.45, 7) is 37.1. The summed E-state index contributed by atoms with van der Waals surface area (Å²) in [7, 11) is 0. The van der Waals surface area contributed by atoms with Crippen LogP contribution in [0.1, 0.15) is 163 Å². The van der Waals surface area contributed by atoms with Crippen LogP contribution in [0.15, 0.2) is 96.6 Å². The van der Waals surface area contributed by atoms with Crippen LogP contribution >= 0.6 is 23.2 Å². The van der Waals surface area contributed by atoms with Crippen molar-refractivity contribution in [3.05, 3.63) is 146 Å². The zero-order valence-corrected chi connectivity index (χ0v) is 44.9. The van der Waals surface area contributed by atoms with Crippen molar-refractivity contribution in [3.8, 4) is 0 Å². The molecule has 5 aromatic carbocycles. The van der Waals surface area contributed by atoms with E-state index in [0.29, 0.717) is 11.3 Å². The summed E-state index contributed by atoms with van der Waals surface area (Å²) in [5.41, 5.74) is 10.5. The summed E-state index contributed by atoms with van der Waals surface area (Å²) in [4.78, 5) is 0. The molecule has 324 valence electrons. The van der Waals surface area contributed by atoms with Crippen LogP contribution in [0, 0.1) is 17.4 Å². The zero-order chi connectivity index (χ0) is 43.6. The molecule has 0 aromatic heterocycles. The Labute approximate surface area is 402 Å². The van der Waals surface area contributed by atoms with E-state index >= 15 is 0 Å². The van der Waals surface area contributed by atoms with E-state index in [2.05, 4.69) is 171 Å². The molecule has 0 saturated heterocycles. The van der Waals surface area contributed by atoms with Crippen LogP contribution in [0.2, 0.25) is 10.0 Å². The van der Waals surface area contributed by atoms with Crippen LogP contribution in [0.3, 0.4) is 0 Å². The van der Waals surface area contributed by atoms with Crippen molar-refractivity contribution in [1.82, 2.24) is 0 Å². The van der Waals surface area contributed by atoms with Gasteiger partial charge >= 0.3 is 120 Å². The largest absolute Gasteiger partial charge is 1.00 e. The van der Waals surface area contributed by atoms with Crippen LogP contribution in [0.4, 0.5) is 0 Å². The minimum atomic E-state index is 0. The summed E-state index contributed by atoms with van der Waals surface area (Å²) in [5.74, 6) is 0.592. The molecule has 1 unspecified atom stereocenters. The molecule has 1 atom stereocenters. The number of hydrogen-bond acceptors (Lipinski definition) is 0. The van der Waals surface area contributed by atoms with Crippen molar-refractivity contribution in [1.29, 1.82) is 0 Å². The molecule has 5 aromatic rings. The Bertz CT molecular complexity index is 2150. The predicted molar refractivity (Wildman–Crippen MR) is 256 cm³/mol. The maximum Gasteiger partial charge on any atom is -1.00 e. The van der Waals surface area contributed by atoms with E-state index < -0.39 is 0 Å². The van der Waals surface area contributed by atoms with Crippen LogP contribution < -0.4 is 24.8 Å². The van der Waals surface area contributed by atoms with Crippen molar-refractivity contribution < 1.29 is 49.0 Å². The first-order valence-corrected chi connectivity index (χ1v) is 23.2. The van der Waals surface area contributed by atoms with Crippen molar-refractivity contribution in [2.75, 3.05) is 0 Å². The third kappa shape index (κ3) is 14.3. The molecule has 0 fully saturated rings. The van der Waals surface area contributed by atoms with Gasteiger partial charge in [-0.2, -0.15) is 11.6 Å². The summed E-state index contributed by atoms with van der Waals surface area (Å²) in [6, 6.07) is 28.1. The van der Waals surface area contributed by atoms with Crippen molar-refractivity contribution in [2.45, 2.75) is 152 Å². The fourth-order valence-corrected chi connectivity index (χ4v) is 8.75. The van der Waals surface area contributed by atoms with Crippen molar-refractivity contribution in [3.63, 3.8) is 0 Å². The van der Waals surface area contributed by atoms with Gasteiger partial charge in [-0.25, -0.2) is 6.08 Å². The van der Waals surface area contributed by atoms with Gasteiger partial charge in [-0.3, -0.25) is 6.08 Å². The maximum atomic E-state index is 5.98. The standard InChI is InChI=1S/C29H41.C13H8Cl2.C13H21.2ClH.Zr/c1-26(2,3)22-14-18-13-19-15-23(27(4,5)6)25(29(10,11)12)17-21(19)20(18)16-24(22)28(7,8)9;14-12-5-1-3-10(8-12)7-11-4-2-6-13(15)9-11;1-5-6-7-11-8-9-12(10-11)13(2,3)4;;;/h13-17H,1-12H3;1-6,8-9H;9-11H,5-7H2,1-4H3;2*1H;/q-1;;-1;;;+2/p-2. The topological polar surface area (TPSA) is 0 Å². The van der Waals surface area contributed by atoms with Gasteiger partial charge < -0.3 is 24.8 Å². The Balaban J connectivity index is 0.000000338. The Morgan fingerprint density at radius 1 is 0.583 bits per heavy atom. The van der Waals surface area contributed by atoms with Crippen LogP contribution in [-0.2, 0) is 45.9 Å². The first-order chi connectivity index (χ1) is 26.6. The molecule has 0 saturated carbocycles. The molecule has 0 bridgehead atoms. The molecule has 1 aliphatic rings. The molecule has 5 heteroatoms. The van der Waals surface area contributed by atoms with E-state index in [-0.39, 0.29) is 46.5 Å². The van der Waals surface area contributed by atoms with Gasteiger partial charge in [-0.15, -0.1) is 39.7 Å². The third-order valence-electron chi connectivity index (χ3n) is 11.0. The van der Waals surface area contributed by atoms with E-state index in [1.165, 1.54) is 96.1 Å². The van der Waals surface area contributed by atoms with Gasteiger partial charge in [0, 0.05) is 0 Å². The molecule has 0 heterocycles. The molecule has 0 N–H and O–H groups in total. The van der Waals surface area contributed by atoms with Gasteiger partial charge in [-0.05, 0) is 21.7 Å². The Hall–Kier alpha value is -1.86. The quantitative estimate of drug-likeness (QED) is 0.154. The molecule has 6 rings (SSSR count). The van der Waals surface area contributed by atoms with Gasteiger partial charge in [-0.1, -0.05) is 176 Å². The van der Waals surface area contributed by atoms with Gasteiger partial charge in [0.05, 0.1) is 0 Å². The molecule has 60 heavy (non-hydrogen) atoms. The number of allylic oxidation sites excluding steroid dienone is 4. The second-order valence-corrected chi connectivity index (χ2v) is 23.5. The third-order valence-corrected chi connectivity index (χ3v) is 12.9. The van der Waals surface area contributed by atoms with Gasteiger partial charge in [0.2, 0.25) is 0 Å². The summed E-state index contributed by atoms with van der Waals surface area (Å²) in [6.07, 6.45) is 11.9. The minimum absolute atomic E-state index is 0. The number of halogens is 4. The summed E-state index contributed by atoms with van der Waals surface area (Å²) < 4.78 is 1.26. The zero-order valence-electron chi connectivity index (χ0n) is 39.4. The molecule has 0 amide bonds. The van der Waals surface area contributed by atoms with Gasteiger partial charge in [0.1, 0.15) is 0 Å². The minimum Gasteiger partial charge on any atom is -1.00 e.